The first kappa shape index (κ1) is 15.9. The molecule has 0 amide bonds. The Morgan fingerprint density at radius 1 is 1.05 bits per heavy atom. The smallest absolute Gasteiger partial charge is 0.261 e. The molecule has 0 atom stereocenters. The Bertz CT molecular complexity index is 696. The quantitative estimate of drug-likeness (QED) is 0.851. The molecule has 1 N–H and O–H groups in total. The number of hydrogen-bond acceptors (Lipinski definition) is 2. The van der Waals surface area contributed by atoms with Crippen molar-refractivity contribution in [1.82, 2.24) is 0 Å². The SMILES string of the molecule is CCCCc1ccccc1NS(=O)(=O)c1ccc(Cl)cc1. The summed E-state index contributed by atoms with van der Waals surface area (Å²) < 4.78 is 27.4. The van der Waals surface area contributed by atoms with Gasteiger partial charge in [0.25, 0.3) is 10.0 Å². The van der Waals surface area contributed by atoms with Crippen LogP contribution in [0.15, 0.2) is 53.4 Å². The average Bonchev–Trinajstić information content (AvgIpc) is 2.46. The van der Waals surface area contributed by atoms with E-state index in [0.29, 0.717) is 10.7 Å². The van der Waals surface area contributed by atoms with Crippen molar-refractivity contribution in [2.24, 2.45) is 0 Å². The Hall–Kier alpha value is -1.52. The van der Waals surface area contributed by atoms with Gasteiger partial charge < -0.3 is 0 Å². The second kappa shape index (κ2) is 6.96. The number of halogens is 1. The maximum absolute atomic E-state index is 12.4. The van der Waals surface area contributed by atoms with E-state index in [-0.39, 0.29) is 4.90 Å². The van der Waals surface area contributed by atoms with Gasteiger partial charge in [-0.25, -0.2) is 8.42 Å². The maximum Gasteiger partial charge on any atom is 0.261 e. The molecule has 0 spiro atoms. The van der Waals surface area contributed by atoms with Gasteiger partial charge in [-0.1, -0.05) is 43.1 Å². The van der Waals surface area contributed by atoms with E-state index in [1.54, 1.807) is 18.2 Å². The van der Waals surface area contributed by atoms with Crippen molar-refractivity contribution in [1.29, 1.82) is 0 Å². The number of unbranched alkanes of at least 4 members (excludes halogenated alkanes) is 1. The zero-order valence-electron chi connectivity index (χ0n) is 11.8. The lowest BCUT2D eigenvalue weighted by atomic mass is 10.1. The third-order valence-electron chi connectivity index (χ3n) is 3.19. The molecule has 2 aromatic carbocycles. The van der Waals surface area contributed by atoms with E-state index >= 15 is 0 Å². The molecule has 0 aliphatic rings. The summed E-state index contributed by atoms with van der Waals surface area (Å²) in [4.78, 5) is 0.206. The van der Waals surface area contributed by atoms with Crippen LogP contribution in [-0.4, -0.2) is 8.42 Å². The molecule has 0 aromatic heterocycles. The van der Waals surface area contributed by atoms with Gasteiger partial charge in [0.1, 0.15) is 0 Å². The van der Waals surface area contributed by atoms with Gasteiger partial charge in [0.05, 0.1) is 10.6 Å². The first-order valence-electron chi connectivity index (χ1n) is 6.89. The second-order valence-corrected chi connectivity index (χ2v) is 6.94. The van der Waals surface area contributed by atoms with E-state index < -0.39 is 10.0 Å². The van der Waals surface area contributed by atoms with Crippen LogP contribution in [0.25, 0.3) is 0 Å². The van der Waals surface area contributed by atoms with Gasteiger partial charge in [-0.05, 0) is 48.7 Å². The largest absolute Gasteiger partial charge is 0.279 e. The Morgan fingerprint density at radius 2 is 1.71 bits per heavy atom. The van der Waals surface area contributed by atoms with Crippen molar-refractivity contribution in [3.63, 3.8) is 0 Å². The molecule has 5 heteroatoms. The van der Waals surface area contributed by atoms with Crippen LogP contribution in [0.2, 0.25) is 5.02 Å². The van der Waals surface area contributed by atoms with Crippen molar-refractivity contribution in [3.8, 4) is 0 Å². The standard InChI is InChI=1S/C16H18ClNO2S/c1-2-3-6-13-7-4-5-8-16(13)18-21(19,20)15-11-9-14(17)10-12-15/h4-5,7-12,18H,2-3,6H2,1H3. The number of para-hydroxylation sites is 1. The Morgan fingerprint density at radius 3 is 2.38 bits per heavy atom. The lowest BCUT2D eigenvalue weighted by Crippen LogP contribution is -2.14. The van der Waals surface area contributed by atoms with Gasteiger partial charge in [0, 0.05) is 5.02 Å². The van der Waals surface area contributed by atoms with Crippen molar-refractivity contribution < 1.29 is 8.42 Å². The maximum atomic E-state index is 12.4. The third kappa shape index (κ3) is 4.22. The molecule has 2 rings (SSSR count). The van der Waals surface area contributed by atoms with E-state index in [2.05, 4.69) is 11.6 Å². The summed E-state index contributed by atoms with van der Waals surface area (Å²) >= 11 is 5.79. The normalized spacial score (nSPS) is 11.3. The van der Waals surface area contributed by atoms with Crippen LogP contribution >= 0.6 is 11.6 Å². The van der Waals surface area contributed by atoms with E-state index in [1.807, 2.05) is 18.2 Å². The number of hydrogen-bond donors (Lipinski definition) is 1. The fraction of sp³-hybridized carbons (Fsp3) is 0.250. The van der Waals surface area contributed by atoms with E-state index in [0.717, 1.165) is 24.8 Å². The molecule has 21 heavy (non-hydrogen) atoms. The summed E-state index contributed by atoms with van der Waals surface area (Å²) in [5.41, 5.74) is 1.65. The van der Waals surface area contributed by atoms with Gasteiger partial charge in [-0.3, -0.25) is 4.72 Å². The van der Waals surface area contributed by atoms with Crippen LogP contribution in [0.1, 0.15) is 25.3 Å². The van der Waals surface area contributed by atoms with Gasteiger partial charge in [0.2, 0.25) is 0 Å². The molecule has 2 aromatic rings. The topological polar surface area (TPSA) is 46.2 Å². The monoisotopic (exact) mass is 323 g/mol. The molecule has 0 bridgehead atoms. The van der Waals surface area contributed by atoms with Crippen LogP contribution < -0.4 is 4.72 Å². The first-order chi connectivity index (χ1) is 10.0. The minimum atomic E-state index is -3.59. The van der Waals surface area contributed by atoms with Crippen molar-refractivity contribution in [2.75, 3.05) is 4.72 Å². The molecule has 3 nitrogen and oxygen atoms in total. The Kier molecular flexibility index (Phi) is 5.26. The van der Waals surface area contributed by atoms with Gasteiger partial charge >= 0.3 is 0 Å². The van der Waals surface area contributed by atoms with E-state index in [9.17, 15) is 8.42 Å². The molecule has 0 saturated heterocycles. The Balaban J connectivity index is 2.26. The highest BCUT2D eigenvalue weighted by Crippen LogP contribution is 2.22. The highest BCUT2D eigenvalue weighted by molar-refractivity contribution is 7.92. The van der Waals surface area contributed by atoms with E-state index in [4.69, 9.17) is 11.6 Å². The molecule has 0 unspecified atom stereocenters. The zero-order chi connectivity index (χ0) is 15.3. The van der Waals surface area contributed by atoms with Crippen LogP contribution in [0, 0.1) is 0 Å². The fourth-order valence-electron chi connectivity index (χ4n) is 2.02. The van der Waals surface area contributed by atoms with Gasteiger partial charge in [-0.15, -0.1) is 0 Å². The summed E-state index contributed by atoms with van der Waals surface area (Å²) in [5, 5.41) is 0.511. The summed E-state index contributed by atoms with van der Waals surface area (Å²) in [6.45, 7) is 2.11. The fourth-order valence-corrected chi connectivity index (χ4v) is 3.25. The van der Waals surface area contributed by atoms with Crippen molar-refractivity contribution in [2.45, 2.75) is 31.1 Å². The zero-order valence-corrected chi connectivity index (χ0v) is 13.4. The van der Waals surface area contributed by atoms with Crippen molar-refractivity contribution in [3.05, 3.63) is 59.1 Å². The number of benzene rings is 2. The predicted octanol–water partition coefficient (Wildman–Crippen LogP) is 4.48. The molecule has 112 valence electrons. The number of sulfonamides is 1. The highest BCUT2D eigenvalue weighted by Gasteiger charge is 2.15. The lowest BCUT2D eigenvalue weighted by molar-refractivity contribution is 0.601. The number of aryl methyl sites for hydroxylation is 1. The molecular weight excluding hydrogens is 306 g/mol. The molecule has 0 fully saturated rings. The molecule has 0 saturated carbocycles. The minimum absolute atomic E-state index is 0.206. The molecule has 0 radical (unpaired) electrons. The van der Waals surface area contributed by atoms with Gasteiger partial charge in [-0.2, -0.15) is 0 Å². The average molecular weight is 324 g/mol. The minimum Gasteiger partial charge on any atom is -0.279 e. The number of nitrogens with one attached hydrogen (secondary N) is 1. The van der Waals surface area contributed by atoms with Crippen molar-refractivity contribution >= 4 is 27.3 Å². The highest BCUT2D eigenvalue weighted by atomic mass is 35.5. The van der Waals surface area contributed by atoms with Crippen LogP contribution in [0.5, 0.6) is 0 Å². The van der Waals surface area contributed by atoms with Crippen LogP contribution in [0.3, 0.4) is 0 Å². The summed E-state index contributed by atoms with van der Waals surface area (Å²) in [5.74, 6) is 0. The third-order valence-corrected chi connectivity index (χ3v) is 4.82. The van der Waals surface area contributed by atoms with Crippen LogP contribution in [0.4, 0.5) is 5.69 Å². The van der Waals surface area contributed by atoms with Gasteiger partial charge in [0.15, 0.2) is 0 Å². The number of anilines is 1. The summed E-state index contributed by atoms with van der Waals surface area (Å²) in [6.07, 6.45) is 2.95. The van der Waals surface area contributed by atoms with Crippen LogP contribution in [-0.2, 0) is 16.4 Å². The predicted molar refractivity (Wildman–Crippen MR) is 87.3 cm³/mol. The first-order valence-corrected chi connectivity index (χ1v) is 8.75. The second-order valence-electron chi connectivity index (χ2n) is 4.82. The lowest BCUT2D eigenvalue weighted by Gasteiger charge is -2.12. The van der Waals surface area contributed by atoms with E-state index in [1.165, 1.54) is 12.1 Å². The molecule has 0 aliphatic carbocycles. The number of rotatable bonds is 6. The molecule has 0 aliphatic heterocycles. The summed E-state index contributed by atoms with van der Waals surface area (Å²) in [7, 11) is -3.59. The summed E-state index contributed by atoms with van der Waals surface area (Å²) in [6, 6.07) is 13.6. The Labute approximate surface area is 131 Å². The molecular formula is C16H18ClNO2S. The molecule has 0 heterocycles.